The van der Waals surface area contributed by atoms with E-state index in [1.165, 1.54) is 13.8 Å². The second kappa shape index (κ2) is 11.4. The SMILES string of the molecule is CCC1OC(OCCCCCCN)C(NC(C)=O)C(OC(C)=O)C1C. The first-order valence-corrected chi connectivity index (χ1v) is 9.32. The van der Waals surface area contributed by atoms with E-state index in [2.05, 4.69) is 5.32 Å². The summed E-state index contributed by atoms with van der Waals surface area (Å²) in [5.74, 6) is -0.607. The zero-order chi connectivity index (χ0) is 18.8. The predicted molar refractivity (Wildman–Crippen MR) is 94.7 cm³/mol. The van der Waals surface area contributed by atoms with E-state index < -0.39 is 18.4 Å². The van der Waals surface area contributed by atoms with Crippen LogP contribution in [0.3, 0.4) is 0 Å². The van der Waals surface area contributed by atoms with Crippen molar-refractivity contribution < 1.29 is 23.8 Å². The first-order chi connectivity index (χ1) is 11.9. The molecular weight excluding hydrogens is 324 g/mol. The maximum Gasteiger partial charge on any atom is 0.302 e. The van der Waals surface area contributed by atoms with Gasteiger partial charge in [0.05, 0.1) is 6.10 Å². The van der Waals surface area contributed by atoms with E-state index in [0.717, 1.165) is 32.1 Å². The summed E-state index contributed by atoms with van der Waals surface area (Å²) in [5, 5.41) is 2.84. The lowest BCUT2D eigenvalue weighted by Gasteiger charge is -2.44. The van der Waals surface area contributed by atoms with Gasteiger partial charge >= 0.3 is 5.97 Å². The van der Waals surface area contributed by atoms with Gasteiger partial charge in [-0.1, -0.05) is 26.7 Å². The first kappa shape index (κ1) is 21.9. The van der Waals surface area contributed by atoms with Gasteiger partial charge in [-0.15, -0.1) is 0 Å². The second-order valence-electron chi connectivity index (χ2n) is 6.68. The second-order valence-corrected chi connectivity index (χ2v) is 6.68. The Morgan fingerprint density at radius 1 is 1.16 bits per heavy atom. The number of nitrogens with two attached hydrogens (primary N) is 1. The molecule has 1 amide bonds. The number of unbranched alkanes of at least 4 members (excludes halogenated alkanes) is 3. The minimum atomic E-state index is -0.621. The van der Waals surface area contributed by atoms with Crippen LogP contribution in [0.25, 0.3) is 0 Å². The Bertz CT molecular complexity index is 418. The molecule has 7 heteroatoms. The Labute approximate surface area is 150 Å². The molecule has 1 heterocycles. The molecule has 0 aliphatic carbocycles. The third-order valence-corrected chi connectivity index (χ3v) is 4.52. The molecule has 0 aromatic heterocycles. The minimum absolute atomic E-state index is 0.0323. The Hall–Kier alpha value is -1.18. The number of hydrogen-bond donors (Lipinski definition) is 2. The van der Waals surface area contributed by atoms with E-state index in [9.17, 15) is 9.59 Å². The summed E-state index contributed by atoms with van der Waals surface area (Å²) in [6, 6.07) is -0.511. The molecule has 1 rings (SSSR count). The van der Waals surface area contributed by atoms with Crippen molar-refractivity contribution in [1.82, 2.24) is 5.32 Å². The molecule has 0 radical (unpaired) electrons. The molecule has 0 spiro atoms. The van der Waals surface area contributed by atoms with Crippen LogP contribution in [0.1, 0.15) is 59.8 Å². The number of hydrogen-bond acceptors (Lipinski definition) is 6. The lowest BCUT2D eigenvalue weighted by atomic mass is 9.87. The van der Waals surface area contributed by atoms with Crippen molar-refractivity contribution in [3.05, 3.63) is 0 Å². The smallest absolute Gasteiger partial charge is 0.302 e. The molecule has 3 N–H and O–H groups in total. The van der Waals surface area contributed by atoms with Gasteiger partial charge in [-0.05, 0) is 25.8 Å². The maximum absolute atomic E-state index is 11.6. The Morgan fingerprint density at radius 2 is 1.84 bits per heavy atom. The van der Waals surface area contributed by atoms with Crippen molar-refractivity contribution in [2.45, 2.75) is 84.3 Å². The van der Waals surface area contributed by atoms with Gasteiger partial charge in [0, 0.05) is 26.4 Å². The molecule has 0 aromatic rings. The Morgan fingerprint density at radius 3 is 2.40 bits per heavy atom. The molecule has 0 bridgehead atoms. The van der Waals surface area contributed by atoms with E-state index in [-0.39, 0.29) is 23.9 Å². The monoisotopic (exact) mass is 358 g/mol. The van der Waals surface area contributed by atoms with Crippen LogP contribution in [0.15, 0.2) is 0 Å². The summed E-state index contributed by atoms with van der Waals surface area (Å²) >= 11 is 0. The molecule has 25 heavy (non-hydrogen) atoms. The van der Waals surface area contributed by atoms with Crippen LogP contribution in [0.5, 0.6) is 0 Å². The number of ether oxygens (including phenoxy) is 3. The fourth-order valence-electron chi connectivity index (χ4n) is 3.24. The summed E-state index contributed by atoms with van der Waals surface area (Å²) in [4.78, 5) is 23.1. The van der Waals surface area contributed by atoms with Crippen molar-refractivity contribution in [3.63, 3.8) is 0 Å². The molecule has 146 valence electrons. The van der Waals surface area contributed by atoms with Crippen molar-refractivity contribution in [1.29, 1.82) is 0 Å². The van der Waals surface area contributed by atoms with Gasteiger partial charge in [0.1, 0.15) is 12.1 Å². The molecule has 7 nitrogen and oxygen atoms in total. The quantitative estimate of drug-likeness (QED) is 0.456. The summed E-state index contributed by atoms with van der Waals surface area (Å²) < 4.78 is 17.5. The van der Waals surface area contributed by atoms with Crippen LogP contribution in [0.2, 0.25) is 0 Å². The van der Waals surface area contributed by atoms with E-state index in [0.29, 0.717) is 13.2 Å². The number of nitrogens with one attached hydrogen (secondary N) is 1. The van der Waals surface area contributed by atoms with E-state index in [4.69, 9.17) is 19.9 Å². The highest BCUT2D eigenvalue weighted by Gasteiger charge is 2.46. The molecule has 1 saturated heterocycles. The highest BCUT2D eigenvalue weighted by Crippen LogP contribution is 2.31. The normalized spacial score (nSPS) is 29.2. The molecular formula is C18H34N2O5. The zero-order valence-electron chi connectivity index (χ0n) is 16.0. The van der Waals surface area contributed by atoms with E-state index >= 15 is 0 Å². The zero-order valence-corrected chi connectivity index (χ0v) is 16.0. The molecule has 1 fully saturated rings. The van der Waals surface area contributed by atoms with Gasteiger partial charge in [0.25, 0.3) is 0 Å². The maximum atomic E-state index is 11.6. The molecule has 0 saturated carbocycles. The molecule has 0 aromatic carbocycles. The predicted octanol–water partition coefficient (Wildman–Crippen LogP) is 1.73. The highest BCUT2D eigenvalue weighted by molar-refractivity contribution is 5.73. The molecule has 1 aliphatic rings. The number of carbonyl (C=O) groups is 2. The lowest BCUT2D eigenvalue weighted by molar-refractivity contribution is -0.253. The van der Waals surface area contributed by atoms with Gasteiger partial charge in [-0.2, -0.15) is 0 Å². The van der Waals surface area contributed by atoms with Gasteiger partial charge in [-0.25, -0.2) is 0 Å². The van der Waals surface area contributed by atoms with Gasteiger partial charge < -0.3 is 25.3 Å². The Balaban J connectivity index is 2.74. The minimum Gasteiger partial charge on any atom is -0.460 e. The molecule has 5 atom stereocenters. The Kier molecular flexibility index (Phi) is 10.0. The third kappa shape index (κ3) is 7.30. The van der Waals surface area contributed by atoms with E-state index in [1.54, 1.807) is 0 Å². The summed E-state index contributed by atoms with van der Waals surface area (Å²) in [5.41, 5.74) is 5.49. The third-order valence-electron chi connectivity index (χ3n) is 4.52. The van der Waals surface area contributed by atoms with Crippen LogP contribution in [-0.4, -0.2) is 49.6 Å². The largest absolute Gasteiger partial charge is 0.460 e. The van der Waals surface area contributed by atoms with Gasteiger partial charge in [0.15, 0.2) is 6.29 Å². The standard InChI is InChI=1S/C18H34N2O5/c1-5-15-12(2)17(24-14(4)22)16(20-13(3)21)18(25-15)23-11-9-7-6-8-10-19/h12,15-18H,5-11,19H2,1-4H3,(H,20,21). The highest BCUT2D eigenvalue weighted by atomic mass is 16.7. The molecule has 5 unspecified atom stereocenters. The molecule has 1 aliphatic heterocycles. The van der Waals surface area contributed by atoms with E-state index in [1.807, 2.05) is 13.8 Å². The number of esters is 1. The average Bonchev–Trinajstić information content (AvgIpc) is 2.55. The van der Waals surface area contributed by atoms with Crippen LogP contribution >= 0.6 is 0 Å². The fraction of sp³-hybridized carbons (Fsp3) is 0.889. The van der Waals surface area contributed by atoms with Crippen LogP contribution in [0.4, 0.5) is 0 Å². The van der Waals surface area contributed by atoms with Gasteiger partial charge in [-0.3, -0.25) is 9.59 Å². The topological polar surface area (TPSA) is 99.9 Å². The summed E-state index contributed by atoms with van der Waals surface area (Å²) in [6.45, 7) is 8.04. The van der Waals surface area contributed by atoms with Crippen LogP contribution in [-0.2, 0) is 23.8 Å². The average molecular weight is 358 g/mol. The fourth-order valence-corrected chi connectivity index (χ4v) is 3.24. The number of carbonyl (C=O) groups excluding carboxylic acids is 2. The lowest BCUT2D eigenvalue weighted by Crippen LogP contribution is -2.62. The van der Waals surface area contributed by atoms with Crippen molar-refractivity contribution >= 4 is 11.9 Å². The van der Waals surface area contributed by atoms with Crippen molar-refractivity contribution in [3.8, 4) is 0 Å². The summed E-state index contributed by atoms with van der Waals surface area (Å²) in [6.07, 6.45) is 3.63. The van der Waals surface area contributed by atoms with Crippen molar-refractivity contribution in [2.24, 2.45) is 11.7 Å². The number of rotatable bonds is 10. The summed E-state index contributed by atoms with van der Waals surface area (Å²) in [7, 11) is 0. The first-order valence-electron chi connectivity index (χ1n) is 9.32. The van der Waals surface area contributed by atoms with Crippen LogP contribution in [0, 0.1) is 5.92 Å². The number of amides is 1. The van der Waals surface area contributed by atoms with Crippen molar-refractivity contribution in [2.75, 3.05) is 13.2 Å². The van der Waals surface area contributed by atoms with Gasteiger partial charge in [0.2, 0.25) is 5.91 Å². The van der Waals surface area contributed by atoms with Crippen LogP contribution < -0.4 is 11.1 Å².